The van der Waals surface area contributed by atoms with Crippen LogP contribution in [0.5, 0.6) is 0 Å². The Labute approximate surface area is 150 Å². The van der Waals surface area contributed by atoms with E-state index in [1.165, 1.54) is 23.6 Å². The van der Waals surface area contributed by atoms with Crippen molar-refractivity contribution in [1.82, 2.24) is 9.62 Å². The highest BCUT2D eigenvalue weighted by atomic mass is 32.2. The lowest BCUT2D eigenvalue weighted by Crippen LogP contribution is -2.48. The van der Waals surface area contributed by atoms with E-state index in [1.54, 1.807) is 0 Å². The number of amides is 1. The number of sulfonamides is 1. The highest BCUT2D eigenvalue weighted by Crippen LogP contribution is 2.23. The zero-order valence-electron chi connectivity index (χ0n) is 14.7. The Kier molecular flexibility index (Phi) is 6.12. The lowest BCUT2D eigenvalue weighted by Gasteiger charge is -2.32. The molecule has 0 bridgehead atoms. The van der Waals surface area contributed by atoms with Crippen LogP contribution in [-0.4, -0.2) is 37.8 Å². The second kappa shape index (κ2) is 8.32. The van der Waals surface area contributed by atoms with Crippen LogP contribution in [0.25, 0.3) is 0 Å². The number of carbonyl (C=O) groups is 1. The molecule has 1 saturated carbocycles. The van der Waals surface area contributed by atoms with Gasteiger partial charge in [-0.2, -0.15) is 0 Å². The van der Waals surface area contributed by atoms with Gasteiger partial charge in [0.15, 0.2) is 0 Å². The summed E-state index contributed by atoms with van der Waals surface area (Å²) in [5.74, 6) is -0.183. The van der Waals surface area contributed by atoms with E-state index in [0.717, 1.165) is 31.2 Å². The van der Waals surface area contributed by atoms with Crippen molar-refractivity contribution in [2.75, 3.05) is 13.1 Å². The van der Waals surface area contributed by atoms with Crippen LogP contribution < -0.4 is 5.32 Å². The molecule has 1 N–H and O–H groups in total. The summed E-state index contributed by atoms with van der Waals surface area (Å²) in [4.78, 5) is 12.6. The van der Waals surface area contributed by atoms with Gasteiger partial charge < -0.3 is 5.32 Å². The van der Waals surface area contributed by atoms with Gasteiger partial charge in [0.1, 0.15) is 0 Å². The topological polar surface area (TPSA) is 66.5 Å². The molecule has 6 heteroatoms. The van der Waals surface area contributed by atoms with Gasteiger partial charge in [-0.05, 0) is 31.2 Å². The van der Waals surface area contributed by atoms with Crippen molar-refractivity contribution in [2.24, 2.45) is 5.92 Å². The molecular formula is C19H28N2O3S. The fourth-order valence-corrected chi connectivity index (χ4v) is 5.46. The number of nitrogens with zero attached hydrogens (tertiary/aromatic N) is 1. The van der Waals surface area contributed by atoms with Crippen molar-refractivity contribution in [2.45, 2.75) is 56.7 Å². The molecule has 1 aromatic carbocycles. The molecule has 1 heterocycles. The van der Waals surface area contributed by atoms with Gasteiger partial charge in [0.05, 0.1) is 11.7 Å². The SMILES string of the molecule is O=C(NC1CCCCC1)[C@@H]1CCCN(S(=O)(=O)Cc2ccccc2)C1. The molecule has 3 rings (SSSR count). The average Bonchev–Trinajstić information content (AvgIpc) is 2.63. The summed E-state index contributed by atoms with van der Waals surface area (Å²) in [6.45, 7) is 0.829. The summed E-state index contributed by atoms with van der Waals surface area (Å²) in [5.41, 5.74) is 0.788. The predicted molar refractivity (Wildman–Crippen MR) is 98.4 cm³/mol. The van der Waals surface area contributed by atoms with E-state index in [0.29, 0.717) is 13.1 Å². The van der Waals surface area contributed by atoms with Crippen LogP contribution in [0.15, 0.2) is 30.3 Å². The summed E-state index contributed by atoms with van der Waals surface area (Å²) in [7, 11) is -3.38. The molecule has 1 aliphatic carbocycles. The molecule has 1 atom stereocenters. The van der Waals surface area contributed by atoms with Crippen molar-refractivity contribution >= 4 is 15.9 Å². The van der Waals surface area contributed by atoms with Gasteiger partial charge in [-0.3, -0.25) is 4.79 Å². The van der Waals surface area contributed by atoms with Crippen LogP contribution in [0.2, 0.25) is 0 Å². The van der Waals surface area contributed by atoms with E-state index >= 15 is 0 Å². The van der Waals surface area contributed by atoms with Crippen LogP contribution in [0.4, 0.5) is 0 Å². The summed E-state index contributed by atoms with van der Waals surface area (Å²) < 4.78 is 26.9. The zero-order chi connectivity index (χ0) is 17.7. The third-order valence-corrected chi connectivity index (χ3v) is 7.11. The third-order valence-electron chi connectivity index (χ3n) is 5.29. The third kappa shape index (κ3) is 5.05. The minimum atomic E-state index is -3.38. The summed E-state index contributed by atoms with van der Waals surface area (Å²) in [5, 5.41) is 3.15. The van der Waals surface area contributed by atoms with E-state index in [9.17, 15) is 13.2 Å². The first kappa shape index (κ1) is 18.4. The molecule has 0 radical (unpaired) electrons. The number of hydrogen-bond acceptors (Lipinski definition) is 3. The molecule has 138 valence electrons. The highest BCUT2D eigenvalue weighted by molar-refractivity contribution is 7.88. The molecule has 1 aliphatic heterocycles. The van der Waals surface area contributed by atoms with Gasteiger partial charge in [0.25, 0.3) is 0 Å². The second-order valence-electron chi connectivity index (χ2n) is 7.28. The molecule has 1 saturated heterocycles. The first-order chi connectivity index (χ1) is 12.0. The second-order valence-corrected chi connectivity index (χ2v) is 9.25. The molecule has 0 unspecified atom stereocenters. The van der Waals surface area contributed by atoms with Gasteiger partial charge in [0, 0.05) is 19.1 Å². The molecule has 0 spiro atoms. The van der Waals surface area contributed by atoms with Crippen LogP contribution in [0, 0.1) is 5.92 Å². The standard InChI is InChI=1S/C19H28N2O3S/c22-19(20-18-11-5-2-6-12-18)17-10-7-13-21(14-17)25(23,24)15-16-8-3-1-4-9-16/h1,3-4,8-9,17-18H,2,5-7,10-15H2,(H,20,22)/t17-/m1/s1. The molecule has 25 heavy (non-hydrogen) atoms. The number of hydrogen-bond donors (Lipinski definition) is 1. The summed E-state index contributed by atoms with van der Waals surface area (Å²) in [6.07, 6.45) is 7.22. The van der Waals surface area contributed by atoms with Crippen molar-refractivity contribution in [3.05, 3.63) is 35.9 Å². The normalized spacial score (nSPS) is 23.3. The van der Waals surface area contributed by atoms with Crippen molar-refractivity contribution < 1.29 is 13.2 Å². The van der Waals surface area contributed by atoms with Gasteiger partial charge in [-0.1, -0.05) is 49.6 Å². The smallest absolute Gasteiger partial charge is 0.224 e. The molecule has 2 aliphatic rings. The quantitative estimate of drug-likeness (QED) is 0.873. The Morgan fingerprint density at radius 2 is 1.76 bits per heavy atom. The summed E-state index contributed by atoms with van der Waals surface area (Å²) in [6, 6.07) is 9.51. The fourth-order valence-electron chi connectivity index (χ4n) is 3.85. The van der Waals surface area contributed by atoms with E-state index in [2.05, 4.69) is 5.32 Å². The van der Waals surface area contributed by atoms with E-state index < -0.39 is 10.0 Å². The summed E-state index contributed by atoms with van der Waals surface area (Å²) >= 11 is 0. The lowest BCUT2D eigenvalue weighted by molar-refractivity contribution is -0.127. The largest absolute Gasteiger partial charge is 0.353 e. The Morgan fingerprint density at radius 3 is 2.48 bits per heavy atom. The fraction of sp³-hybridized carbons (Fsp3) is 0.632. The minimum absolute atomic E-state index is 0.00477. The van der Waals surface area contributed by atoms with Gasteiger partial charge in [0.2, 0.25) is 15.9 Å². The zero-order valence-corrected chi connectivity index (χ0v) is 15.5. The number of rotatable bonds is 5. The van der Waals surface area contributed by atoms with Crippen LogP contribution in [-0.2, 0) is 20.6 Å². The van der Waals surface area contributed by atoms with Gasteiger partial charge in [-0.25, -0.2) is 12.7 Å². The Morgan fingerprint density at radius 1 is 1.04 bits per heavy atom. The Hall–Kier alpha value is -1.40. The van der Waals surface area contributed by atoms with Crippen molar-refractivity contribution in [3.8, 4) is 0 Å². The molecule has 2 fully saturated rings. The van der Waals surface area contributed by atoms with Crippen molar-refractivity contribution in [3.63, 3.8) is 0 Å². The van der Waals surface area contributed by atoms with Crippen LogP contribution in [0.3, 0.4) is 0 Å². The van der Waals surface area contributed by atoms with E-state index in [1.807, 2.05) is 30.3 Å². The van der Waals surface area contributed by atoms with Crippen LogP contribution in [0.1, 0.15) is 50.5 Å². The maximum Gasteiger partial charge on any atom is 0.224 e. The molecule has 1 amide bonds. The number of benzene rings is 1. The van der Waals surface area contributed by atoms with E-state index in [-0.39, 0.29) is 23.6 Å². The first-order valence-electron chi connectivity index (χ1n) is 9.37. The Bertz CT molecular complexity index is 669. The monoisotopic (exact) mass is 364 g/mol. The molecule has 0 aromatic heterocycles. The number of piperidine rings is 1. The average molecular weight is 365 g/mol. The molecule has 5 nitrogen and oxygen atoms in total. The van der Waals surface area contributed by atoms with Gasteiger partial charge >= 0.3 is 0 Å². The van der Waals surface area contributed by atoms with Gasteiger partial charge in [-0.15, -0.1) is 0 Å². The minimum Gasteiger partial charge on any atom is -0.353 e. The number of nitrogens with one attached hydrogen (secondary N) is 1. The van der Waals surface area contributed by atoms with Crippen molar-refractivity contribution in [1.29, 1.82) is 0 Å². The highest BCUT2D eigenvalue weighted by Gasteiger charge is 2.33. The maximum absolute atomic E-state index is 12.7. The molecular weight excluding hydrogens is 336 g/mol. The van der Waals surface area contributed by atoms with E-state index in [4.69, 9.17) is 0 Å². The lowest BCUT2D eigenvalue weighted by atomic mass is 9.93. The van der Waals surface area contributed by atoms with Crippen LogP contribution >= 0.6 is 0 Å². The maximum atomic E-state index is 12.7. The molecule has 1 aromatic rings. The first-order valence-corrected chi connectivity index (χ1v) is 11.0. The number of carbonyl (C=O) groups excluding carboxylic acids is 1. The predicted octanol–water partition coefficient (Wildman–Crippen LogP) is 2.68. The Balaban J connectivity index is 1.59.